The van der Waals surface area contributed by atoms with E-state index in [9.17, 15) is 13.2 Å². The molecule has 0 aliphatic carbocycles. The Kier molecular flexibility index (Phi) is 7.63. The molecule has 0 spiro atoms. The molecule has 0 saturated carbocycles. The molecule has 0 fully saturated rings. The molecule has 152 valence electrons. The van der Waals surface area contributed by atoms with E-state index in [2.05, 4.69) is 17.4 Å². The molecule has 1 N–H and O–H groups in total. The van der Waals surface area contributed by atoms with E-state index >= 15 is 0 Å². The molecule has 6 heteroatoms. The highest BCUT2D eigenvalue weighted by atomic mass is 32.2. The Hall–Kier alpha value is -2.34. The third kappa shape index (κ3) is 6.09. The predicted octanol–water partition coefficient (Wildman–Crippen LogP) is 3.54. The van der Waals surface area contributed by atoms with Gasteiger partial charge in [0, 0.05) is 6.04 Å². The Bertz CT molecular complexity index is 864. The lowest BCUT2D eigenvalue weighted by Crippen LogP contribution is -2.50. The number of carbonyl (C=O) groups is 1. The van der Waals surface area contributed by atoms with Gasteiger partial charge in [-0.3, -0.25) is 9.10 Å². The van der Waals surface area contributed by atoms with E-state index in [4.69, 9.17) is 0 Å². The maximum atomic E-state index is 12.7. The van der Waals surface area contributed by atoms with E-state index in [0.29, 0.717) is 5.69 Å². The Morgan fingerprint density at radius 1 is 1.00 bits per heavy atom. The van der Waals surface area contributed by atoms with Crippen molar-refractivity contribution in [2.75, 3.05) is 10.6 Å². The Morgan fingerprint density at radius 3 is 2.14 bits per heavy atom. The van der Waals surface area contributed by atoms with Crippen molar-refractivity contribution in [1.29, 1.82) is 0 Å². The molecular formula is C22H30N2O3S. The number of aryl methyl sites for hydroxylation is 2. The van der Waals surface area contributed by atoms with Crippen LogP contribution in [-0.4, -0.2) is 32.7 Å². The maximum absolute atomic E-state index is 12.7. The van der Waals surface area contributed by atoms with Gasteiger partial charge in [-0.25, -0.2) is 8.42 Å². The second kappa shape index (κ2) is 9.73. The summed E-state index contributed by atoms with van der Waals surface area (Å²) >= 11 is 0. The molecule has 2 aromatic carbocycles. The summed E-state index contributed by atoms with van der Waals surface area (Å²) in [6.07, 6.45) is 3.63. The molecule has 2 aromatic rings. The number of amides is 1. The molecule has 0 aliphatic rings. The zero-order valence-electron chi connectivity index (χ0n) is 17.1. The minimum Gasteiger partial charge on any atom is -0.352 e. The molecule has 1 amide bonds. The zero-order chi connectivity index (χ0) is 20.7. The third-order valence-corrected chi connectivity index (χ3v) is 6.03. The molecule has 2 atom stereocenters. The largest absolute Gasteiger partial charge is 0.352 e. The van der Waals surface area contributed by atoms with Crippen molar-refractivity contribution >= 4 is 21.6 Å². The van der Waals surface area contributed by atoms with Gasteiger partial charge in [0.15, 0.2) is 0 Å². The lowest BCUT2D eigenvalue weighted by atomic mass is 10.1. The van der Waals surface area contributed by atoms with Crippen LogP contribution >= 0.6 is 0 Å². The van der Waals surface area contributed by atoms with Gasteiger partial charge in [-0.15, -0.1) is 0 Å². The lowest BCUT2D eigenvalue weighted by Gasteiger charge is -2.29. The highest BCUT2D eigenvalue weighted by Gasteiger charge is 2.29. The first kappa shape index (κ1) is 22.0. The van der Waals surface area contributed by atoms with Gasteiger partial charge < -0.3 is 5.32 Å². The number of nitrogens with one attached hydrogen (secondary N) is 1. The van der Waals surface area contributed by atoms with Crippen molar-refractivity contribution in [3.05, 3.63) is 65.7 Å². The summed E-state index contributed by atoms with van der Waals surface area (Å²) in [6, 6.07) is 16.5. The van der Waals surface area contributed by atoms with Gasteiger partial charge in [0.05, 0.1) is 11.9 Å². The summed E-state index contributed by atoms with van der Waals surface area (Å²) in [5.74, 6) is -0.300. The predicted molar refractivity (Wildman–Crippen MR) is 115 cm³/mol. The van der Waals surface area contributed by atoms with Crippen molar-refractivity contribution in [1.82, 2.24) is 5.32 Å². The maximum Gasteiger partial charge on any atom is 0.243 e. The van der Waals surface area contributed by atoms with E-state index in [-0.39, 0.29) is 11.9 Å². The molecule has 0 aromatic heterocycles. The molecule has 28 heavy (non-hydrogen) atoms. The van der Waals surface area contributed by atoms with Crippen LogP contribution in [0.1, 0.15) is 38.3 Å². The van der Waals surface area contributed by atoms with Crippen molar-refractivity contribution in [3.8, 4) is 0 Å². The summed E-state index contributed by atoms with van der Waals surface area (Å²) in [5, 5.41) is 2.95. The standard InChI is InChI=1S/C22H30N2O3S/c1-5-19-13-15-21(16-14-19)24(28(4,26)27)18(3)22(25)23-17(2)11-12-20-9-7-6-8-10-20/h6-10,13-18H,5,11-12H2,1-4H3,(H,23,25)/t17-,18-/m0/s1. The number of hydrogen-bond acceptors (Lipinski definition) is 3. The van der Waals surface area contributed by atoms with Crippen molar-refractivity contribution in [2.45, 2.75) is 52.1 Å². The van der Waals surface area contributed by atoms with Crippen molar-refractivity contribution in [2.24, 2.45) is 0 Å². The fourth-order valence-corrected chi connectivity index (χ4v) is 4.33. The first-order valence-electron chi connectivity index (χ1n) is 9.65. The fraction of sp³-hybridized carbons (Fsp3) is 0.409. The van der Waals surface area contributed by atoms with Crippen LogP contribution in [-0.2, 0) is 27.7 Å². The second-order valence-corrected chi connectivity index (χ2v) is 9.05. The van der Waals surface area contributed by atoms with Gasteiger partial charge in [-0.2, -0.15) is 0 Å². The number of anilines is 1. The fourth-order valence-electron chi connectivity index (χ4n) is 3.15. The SMILES string of the molecule is CCc1ccc(N([C@@H](C)C(=O)N[C@@H](C)CCc2ccccc2)S(C)(=O)=O)cc1. The molecule has 0 heterocycles. The minimum atomic E-state index is -3.60. The Labute approximate surface area is 168 Å². The average molecular weight is 403 g/mol. The van der Waals surface area contributed by atoms with Gasteiger partial charge in [-0.1, -0.05) is 49.4 Å². The first-order valence-corrected chi connectivity index (χ1v) is 11.5. The number of carbonyl (C=O) groups excluding carboxylic acids is 1. The first-order chi connectivity index (χ1) is 13.2. The second-order valence-electron chi connectivity index (χ2n) is 7.19. The Balaban J connectivity index is 2.06. The van der Waals surface area contributed by atoms with Crippen LogP contribution < -0.4 is 9.62 Å². The van der Waals surface area contributed by atoms with Crippen LogP contribution in [0.4, 0.5) is 5.69 Å². The topological polar surface area (TPSA) is 66.5 Å². The van der Waals surface area contributed by atoms with Crippen LogP contribution in [0.25, 0.3) is 0 Å². The van der Waals surface area contributed by atoms with Gasteiger partial charge in [0.1, 0.15) is 6.04 Å². The minimum absolute atomic E-state index is 0.0565. The number of rotatable bonds is 9. The van der Waals surface area contributed by atoms with E-state index < -0.39 is 16.1 Å². The van der Waals surface area contributed by atoms with E-state index in [1.54, 1.807) is 19.1 Å². The average Bonchev–Trinajstić information content (AvgIpc) is 2.66. The summed E-state index contributed by atoms with van der Waals surface area (Å²) < 4.78 is 25.9. The number of hydrogen-bond donors (Lipinski definition) is 1. The molecule has 0 unspecified atom stereocenters. The van der Waals surface area contributed by atoms with Crippen molar-refractivity contribution < 1.29 is 13.2 Å². The Morgan fingerprint density at radius 2 is 1.61 bits per heavy atom. The molecule has 2 rings (SSSR count). The van der Waals surface area contributed by atoms with Gasteiger partial charge in [-0.05, 0) is 56.4 Å². The van der Waals surface area contributed by atoms with Crippen LogP contribution in [0.3, 0.4) is 0 Å². The summed E-state index contributed by atoms with van der Waals surface area (Å²) in [5.41, 5.74) is 2.83. The highest BCUT2D eigenvalue weighted by Crippen LogP contribution is 2.22. The molecule has 0 aliphatic heterocycles. The molecule has 0 saturated heterocycles. The molecule has 0 radical (unpaired) electrons. The third-order valence-electron chi connectivity index (χ3n) is 4.79. The molecule has 5 nitrogen and oxygen atoms in total. The number of benzene rings is 2. The molecule has 0 bridgehead atoms. The summed E-state index contributed by atoms with van der Waals surface area (Å²) in [4.78, 5) is 12.7. The van der Waals surface area contributed by atoms with E-state index in [0.717, 1.165) is 31.1 Å². The number of sulfonamides is 1. The van der Waals surface area contributed by atoms with Crippen LogP contribution in [0.2, 0.25) is 0 Å². The zero-order valence-corrected chi connectivity index (χ0v) is 17.9. The van der Waals surface area contributed by atoms with Crippen molar-refractivity contribution in [3.63, 3.8) is 0 Å². The smallest absolute Gasteiger partial charge is 0.243 e. The van der Waals surface area contributed by atoms with Gasteiger partial charge >= 0.3 is 0 Å². The highest BCUT2D eigenvalue weighted by molar-refractivity contribution is 7.92. The molecular weight excluding hydrogens is 372 g/mol. The van der Waals surface area contributed by atoms with E-state index in [1.807, 2.05) is 44.2 Å². The summed E-state index contributed by atoms with van der Waals surface area (Å²) in [7, 11) is -3.60. The lowest BCUT2D eigenvalue weighted by molar-refractivity contribution is -0.122. The van der Waals surface area contributed by atoms with Gasteiger partial charge in [0.25, 0.3) is 0 Å². The number of nitrogens with zero attached hydrogens (tertiary/aromatic N) is 1. The van der Waals surface area contributed by atoms with Crippen LogP contribution in [0.5, 0.6) is 0 Å². The van der Waals surface area contributed by atoms with Crippen LogP contribution in [0, 0.1) is 0 Å². The quantitative estimate of drug-likeness (QED) is 0.698. The summed E-state index contributed by atoms with van der Waals surface area (Å²) in [6.45, 7) is 5.60. The van der Waals surface area contributed by atoms with Crippen LogP contribution in [0.15, 0.2) is 54.6 Å². The van der Waals surface area contributed by atoms with Gasteiger partial charge in [0.2, 0.25) is 15.9 Å². The van der Waals surface area contributed by atoms with E-state index in [1.165, 1.54) is 9.87 Å². The normalized spacial score (nSPS) is 13.6. The monoisotopic (exact) mass is 402 g/mol.